The standard InChI is InChI=1S/C21H16N8O2S2/c1-11-15(7-6-13-9-22-16-5-4-8-23-29(13)16)33-21-17(11)32-10-14(20(31)28(21)3)25-19(30)18-24-12(2)26-27-18/h4-5,8-9H,10H2,1-3H3,(H,24,26,27). The second-order valence-electron chi connectivity index (χ2n) is 7.14. The van der Waals surface area contributed by atoms with Crippen LogP contribution < -0.4 is 4.90 Å². The Morgan fingerprint density at radius 1 is 1.30 bits per heavy atom. The predicted molar refractivity (Wildman–Crippen MR) is 125 cm³/mol. The van der Waals surface area contributed by atoms with E-state index in [1.165, 1.54) is 28.0 Å². The maximum Gasteiger partial charge on any atom is 0.317 e. The molecule has 0 unspecified atom stereocenters. The van der Waals surface area contributed by atoms with E-state index < -0.39 is 5.91 Å². The van der Waals surface area contributed by atoms with Crippen LogP contribution in [0.1, 0.15) is 32.6 Å². The third-order valence-corrected chi connectivity index (χ3v) is 7.51. The molecule has 0 saturated carbocycles. The highest BCUT2D eigenvalue weighted by molar-refractivity contribution is 8.00. The van der Waals surface area contributed by atoms with E-state index >= 15 is 0 Å². The second-order valence-corrected chi connectivity index (χ2v) is 9.12. The molecule has 1 aliphatic rings. The first-order valence-corrected chi connectivity index (χ1v) is 11.6. The fraction of sp³-hybridized carbons (Fsp3) is 0.190. The topological polar surface area (TPSA) is 122 Å². The van der Waals surface area contributed by atoms with Crippen molar-refractivity contribution in [2.45, 2.75) is 18.7 Å². The average molecular weight is 477 g/mol. The van der Waals surface area contributed by atoms with Crippen LogP contribution >= 0.6 is 23.1 Å². The van der Waals surface area contributed by atoms with Gasteiger partial charge in [0.25, 0.3) is 5.91 Å². The molecule has 0 atom stereocenters. The van der Waals surface area contributed by atoms with Crippen LogP contribution in [-0.2, 0) is 4.79 Å². The number of hydrogen-bond donors (Lipinski definition) is 1. The lowest BCUT2D eigenvalue weighted by molar-refractivity contribution is -0.112. The number of aryl methyl sites for hydroxylation is 1. The fourth-order valence-corrected chi connectivity index (χ4v) is 5.64. The molecule has 0 radical (unpaired) electrons. The number of amides is 2. The molecule has 2 amide bonds. The lowest BCUT2D eigenvalue weighted by Crippen LogP contribution is -2.33. The lowest BCUT2D eigenvalue weighted by Gasteiger charge is -2.13. The molecule has 4 aromatic rings. The molecule has 1 N–H and O–H groups in total. The molecular weight excluding hydrogens is 460 g/mol. The van der Waals surface area contributed by atoms with Gasteiger partial charge in [0.2, 0.25) is 5.82 Å². The zero-order valence-electron chi connectivity index (χ0n) is 17.8. The zero-order chi connectivity index (χ0) is 23.1. The van der Waals surface area contributed by atoms with Gasteiger partial charge in [0.15, 0.2) is 5.65 Å². The van der Waals surface area contributed by atoms with Gasteiger partial charge < -0.3 is 4.90 Å². The van der Waals surface area contributed by atoms with Gasteiger partial charge in [-0.15, -0.1) is 28.2 Å². The van der Waals surface area contributed by atoms with E-state index in [1.807, 2.05) is 19.1 Å². The highest BCUT2D eigenvalue weighted by Gasteiger charge is 2.30. The van der Waals surface area contributed by atoms with Crippen LogP contribution in [0.5, 0.6) is 0 Å². The van der Waals surface area contributed by atoms with Gasteiger partial charge in [-0.2, -0.15) is 5.10 Å². The molecule has 0 spiro atoms. The van der Waals surface area contributed by atoms with Crippen LogP contribution in [0, 0.1) is 25.7 Å². The van der Waals surface area contributed by atoms with E-state index in [2.05, 4.69) is 42.1 Å². The molecule has 164 valence electrons. The second kappa shape index (κ2) is 8.27. The number of carbonyl (C=O) groups is 2. The zero-order valence-corrected chi connectivity index (χ0v) is 19.4. The van der Waals surface area contributed by atoms with Crippen molar-refractivity contribution < 1.29 is 9.59 Å². The molecular formula is C21H16N8O2S2. The summed E-state index contributed by atoms with van der Waals surface area (Å²) in [6.07, 6.45) is 3.37. The predicted octanol–water partition coefficient (Wildman–Crippen LogP) is 2.28. The molecule has 5 heterocycles. The number of H-pyrrole nitrogens is 1. The molecule has 33 heavy (non-hydrogen) atoms. The first-order valence-electron chi connectivity index (χ1n) is 9.78. The molecule has 4 aromatic heterocycles. The van der Waals surface area contributed by atoms with Crippen LogP contribution in [0.4, 0.5) is 5.00 Å². The molecule has 12 heteroatoms. The first kappa shape index (κ1) is 21.0. The van der Waals surface area contributed by atoms with Crippen molar-refractivity contribution in [1.82, 2.24) is 29.8 Å². The summed E-state index contributed by atoms with van der Waals surface area (Å²) in [6.45, 7) is 3.66. The van der Waals surface area contributed by atoms with E-state index in [9.17, 15) is 9.59 Å². The van der Waals surface area contributed by atoms with Crippen molar-refractivity contribution in [3.63, 3.8) is 0 Å². The van der Waals surface area contributed by atoms with E-state index in [4.69, 9.17) is 0 Å². The summed E-state index contributed by atoms with van der Waals surface area (Å²) < 4.78 is 1.68. The van der Waals surface area contributed by atoms with E-state index in [0.717, 1.165) is 26.0 Å². The van der Waals surface area contributed by atoms with Crippen LogP contribution in [0.15, 0.2) is 34.4 Å². The number of hydrogen-bond acceptors (Lipinski definition) is 8. The normalized spacial score (nSPS) is 14.8. The minimum Gasteiger partial charge on any atom is -0.301 e. The van der Waals surface area contributed by atoms with Crippen LogP contribution in [0.3, 0.4) is 0 Å². The van der Waals surface area contributed by atoms with Gasteiger partial charge in [0.1, 0.15) is 22.2 Å². The molecule has 10 nitrogen and oxygen atoms in total. The third kappa shape index (κ3) is 3.81. The van der Waals surface area contributed by atoms with E-state index in [1.54, 1.807) is 30.9 Å². The quantitative estimate of drug-likeness (QED) is 0.418. The van der Waals surface area contributed by atoms with Gasteiger partial charge in [-0.3, -0.25) is 14.7 Å². The smallest absolute Gasteiger partial charge is 0.301 e. The Bertz CT molecular complexity index is 1520. The summed E-state index contributed by atoms with van der Waals surface area (Å²) in [5, 5.41) is 11.5. The number of carbonyl (C=O) groups excluding carboxylic acids is 2. The molecule has 0 fully saturated rings. The van der Waals surface area contributed by atoms with Gasteiger partial charge >= 0.3 is 5.91 Å². The van der Waals surface area contributed by atoms with Gasteiger partial charge in [-0.25, -0.2) is 19.5 Å². The van der Waals surface area contributed by atoms with Gasteiger partial charge in [0.05, 0.1) is 11.1 Å². The summed E-state index contributed by atoms with van der Waals surface area (Å²) in [5.74, 6) is 6.05. The number of thioether (sulfide) groups is 1. The highest BCUT2D eigenvalue weighted by Crippen LogP contribution is 2.43. The van der Waals surface area contributed by atoms with Crippen molar-refractivity contribution >= 4 is 51.3 Å². The number of anilines is 1. The van der Waals surface area contributed by atoms with Crippen LogP contribution in [0.25, 0.3) is 5.65 Å². The number of imidazole rings is 1. The average Bonchev–Trinajstić information content (AvgIpc) is 3.50. The summed E-state index contributed by atoms with van der Waals surface area (Å²) in [5.41, 5.74) is 2.54. The van der Waals surface area contributed by atoms with Crippen molar-refractivity contribution in [3.05, 3.63) is 52.3 Å². The fourth-order valence-electron chi connectivity index (χ4n) is 3.21. The Morgan fingerprint density at radius 2 is 2.15 bits per heavy atom. The van der Waals surface area contributed by atoms with Crippen molar-refractivity contribution in [2.24, 2.45) is 4.99 Å². The Labute approximate surface area is 196 Å². The summed E-state index contributed by atoms with van der Waals surface area (Å²) in [7, 11) is 1.67. The number of fused-ring (bicyclic) bond motifs is 2. The number of aliphatic imine (C=N–C) groups is 1. The lowest BCUT2D eigenvalue weighted by atomic mass is 10.2. The molecule has 5 rings (SSSR count). The Morgan fingerprint density at radius 3 is 2.94 bits per heavy atom. The highest BCUT2D eigenvalue weighted by atomic mass is 32.2. The number of nitrogens with one attached hydrogen (secondary N) is 1. The number of thiophene rings is 1. The maximum atomic E-state index is 13.0. The van der Waals surface area contributed by atoms with E-state index in [0.29, 0.717) is 11.5 Å². The van der Waals surface area contributed by atoms with E-state index in [-0.39, 0.29) is 23.2 Å². The number of rotatable bonds is 1. The molecule has 1 aliphatic heterocycles. The summed E-state index contributed by atoms with van der Waals surface area (Å²) in [4.78, 5) is 41.0. The van der Waals surface area contributed by atoms with Crippen molar-refractivity contribution in [1.29, 1.82) is 0 Å². The monoisotopic (exact) mass is 476 g/mol. The third-order valence-electron chi connectivity index (χ3n) is 4.89. The SMILES string of the molecule is Cc1nc(C(=O)N=C2CSc3c(sc(C#Cc4cnc5cccnn45)c3C)N(C)C2=O)n[nH]1. The van der Waals surface area contributed by atoms with Crippen molar-refractivity contribution in [2.75, 3.05) is 17.7 Å². The Balaban J connectivity index is 1.44. The van der Waals surface area contributed by atoms with Gasteiger partial charge in [0, 0.05) is 23.9 Å². The maximum absolute atomic E-state index is 13.0. The molecule has 0 aromatic carbocycles. The number of nitrogens with zero attached hydrogens (tertiary/aromatic N) is 7. The largest absolute Gasteiger partial charge is 0.317 e. The minimum atomic E-state index is -0.646. The van der Waals surface area contributed by atoms with Crippen LogP contribution in [-0.4, -0.2) is 60.1 Å². The van der Waals surface area contributed by atoms with Gasteiger partial charge in [-0.1, -0.05) is 0 Å². The van der Waals surface area contributed by atoms with Crippen LogP contribution in [0.2, 0.25) is 0 Å². The first-order chi connectivity index (χ1) is 15.9. The molecule has 0 bridgehead atoms. The molecule has 0 aliphatic carbocycles. The van der Waals surface area contributed by atoms with Gasteiger partial charge in [-0.05, 0) is 43.4 Å². The van der Waals surface area contributed by atoms with Crippen molar-refractivity contribution in [3.8, 4) is 11.8 Å². The summed E-state index contributed by atoms with van der Waals surface area (Å²) >= 11 is 2.89. The summed E-state index contributed by atoms with van der Waals surface area (Å²) in [6, 6.07) is 3.68. The Hall–Kier alpha value is -3.82. The number of aromatic nitrogens is 6. The Kier molecular flexibility index (Phi) is 5.27. The molecule has 0 saturated heterocycles. The number of aromatic amines is 1. The minimum absolute atomic E-state index is 0.0601.